The third kappa shape index (κ3) is 4.15. The first kappa shape index (κ1) is 19.0. The minimum atomic E-state index is -1.05. The number of halogens is 2. The molecule has 27 heavy (non-hydrogen) atoms. The van der Waals surface area contributed by atoms with Crippen LogP contribution in [0, 0.1) is 17.6 Å². The van der Waals surface area contributed by atoms with Crippen LogP contribution >= 0.6 is 0 Å². The van der Waals surface area contributed by atoms with Crippen molar-refractivity contribution in [1.82, 2.24) is 14.9 Å². The smallest absolute Gasteiger partial charge is 0.291 e. The van der Waals surface area contributed by atoms with Gasteiger partial charge in [0.25, 0.3) is 11.8 Å². The van der Waals surface area contributed by atoms with Crippen LogP contribution < -0.4 is 10.6 Å². The van der Waals surface area contributed by atoms with Gasteiger partial charge in [-0.25, -0.2) is 13.8 Å². The fourth-order valence-electron chi connectivity index (χ4n) is 3.04. The van der Waals surface area contributed by atoms with E-state index >= 15 is 0 Å². The Morgan fingerprint density at radius 3 is 2.67 bits per heavy atom. The first-order valence-electron chi connectivity index (χ1n) is 9.00. The Morgan fingerprint density at radius 2 is 1.96 bits per heavy atom. The number of nitrogens with zero attached hydrogens (tertiary/aromatic N) is 2. The van der Waals surface area contributed by atoms with Gasteiger partial charge in [-0.2, -0.15) is 0 Å². The lowest BCUT2D eigenvalue weighted by Gasteiger charge is -2.17. The number of fused-ring (bicyclic) bond motifs is 1. The average Bonchev–Trinajstić information content (AvgIpc) is 3.02. The minimum absolute atomic E-state index is 0.101. The van der Waals surface area contributed by atoms with Gasteiger partial charge in [-0.15, -0.1) is 0 Å². The van der Waals surface area contributed by atoms with E-state index in [0.717, 1.165) is 30.7 Å². The molecule has 144 valence electrons. The third-order valence-electron chi connectivity index (χ3n) is 4.38. The molecule has 1 aliphatic heterocycles. The predicted octanol–water partition coefficient (Wildman–Crippen LogP) is 3.14. The molecule has 2 amide bonds. The standard InChI is InChI=1S/C19H22F2N4O2/c1-11(2)10-22-18(26)16-15-5-3-4-8-25(15)17(24-16)19(27)23-12-6-7-13(20)14(21)9-12/h6-7,9,11H,3-5,8,10H2,1-2H3,(H,22,26)(H,23,27). The Morgan fingerprint density at radius 1 is 1.19 bits per heavy atom. The molecular weight excluding hydrogens is 354 g/mol. The van der Waals surface area contributed by atoms with Crippen LogP contribution in [0.3, 0.4) is 0 Å². The van der Waals surface area contributed by atoms with Gasteiger partial charge < -0.3 is 15.2 Å². The molecular formula is C19H22F2N4O2. The zero-order chi connectivity index (χ0) is 19.6. The average molecular weight is 376 g/mol. The number of rotatable bonds is 5. The summed E-state index contributed by atoms with van der Waals surface area (Å²) >= 11 is 0. The van der Waals surface area contributed by atoms with Crippen LogP contribution in [0.25, 0.3) is 0 Å². The van der Waals surface area contributed by atoms with Crippen molar-refractivity contribution in [2.45, 2.75) is 39.7 Å². The van der Waals surface area contributed by atoms with E-state index in [2.05, 4.69) is 15.6 Å². The number of carbonyl (C=O) groups is 2. The number of benzene rings is 1. The molecule has 0 fully saturated rings. The van der Waals surface area contributed by atoms with Crippen molar-refractivity contribution in [1.29, 1.82) is 0 Å². The van der Waals surface area contributed by atoms with Gasteiger partial charge in [0.2, 0.25) is 0 Å². The summed E-state index contributed by atoms with van der Waals surface area (Å²) in [6.07, 6.45) is 2.46. The van der Waals surface area contributed by atoms with Crippen LogP contribution in [-0.4, -0.2) is 27.9 Å². The lowest BCUT2D eigenvalue weighted by molar-refractivity contribution is 0.0943. The van der Waals surface area contributed by atoms with Crippen molar-refractivity contribution < 1.29 is 18.4 Å². The number of nitrogens with one attached hydrogen (secondary N) is 2. The van der Waals surface area contributed by atoms with Gasteiger partial charge in [0, 0.05) is 24.8 Å². The van der Waals surface area contributed by atoms with Gasteiger partial charge in [-0.3, -0.25) is 9.59 Å². The molecule has 0 bridgehead atoms. The summed E-state index contributed by atoms with van der Waals surface area (Å²) in [5.74, 6) is -2.51. The first-order valence-corrected chi connectivity index (χ1v) is 9.00. The van der Waals surface area contributed by atoms with E-state index < -0.39 is 17.5 Å². The van der Waals surface area contributed by atoms with Crippen LogP contribution in [-0.2, 0) is 13.0 Å². The van der Waals surface area contributed by atoms with Crippen LogP contribution in [0.4, 0.5) is 14.5 Å². The molecule has 1 aromatic heterocycles. The molecule has 6 nitrogen and oxygen atoms in total. The monoisotopic (exact) mass is 376 g/mol. The Bertz CT molecular complexity index is 877. The highest BCUT2D eigenvalue weighted by Gasteiger charge is 2.27. The van der Waals surface area contributed by atoms with E-state index in [1.54, 1.807) is 4.57 Å². The predicted molar refractivity (Wildman–Crippen MR) is 96.6 cm³/mol. The van der Waals surface area contributed by atoms with E-state index in [1.807, 2.05) is 13.8 Å². The van der Waals surface area contributed by atoms with Gasteiger partial charge in [0.15, 0.2) is 17.5 Å². The quantitative estimate of drug-likeness (QED) is 0.842. The SMILES string of the molecule is CC(C)CNC(=O)c1nc(C(=O)Nc2ccc(F)c(F)c2)n2c1CCCC2. The number of hydrogen-bond donors (Lipinski definition) is 2. The van der Waals surface area contributed by atoms with Crippen molar-refractivity contribution in [2.24, 2.45) is 5.92 Å². The van der Waals surface area contributed by atoms with Gasteiger partial charge in [-0.1, -0.05) is 13.8 Å². The molecule has 2 aromatic rings. The Balaban J connectivity index is 1.87. The van der Waals surface area contributed by atoms with Crippen molar-refractivity contribution in [3.05, 3.63) is 47.0 Å². The Hall–Kier alpha value is -2.77. The molecule has 1 aliphatic rings. The van der Waals surface area contributed by atoms with Crippen molar-refractivity contribution in [2.75, 3.05) is 11.9 Å². The lowest BCUT2D eigenvalue weighted by Crippen LogP contribution is -2.29. The summed E-state index contributed by atoms with van der Waals surface area (Å²) < 4.78 is 28.2. The van der Waals surface area contributed by atoms with Crippen LogP contribution in [0.1, 0.15) is 53.5 Å². The maximum atomic E-state index is 13.4. The molecule has 8 heteroatoms. The van der Waals surface area contributed by atoms with Crippen molar-refractivity contribution in [3.8, 4) is 0 Å². The molecule has 0 radical (unpaired) electrons. The first-order chi connectivity index (χ1) is 12.9. The highest BCUT2D eigenvalue weighted by molar-refractivity contribution is 6.03. The second kappa shape index (κ2) is 7.85. The van der Waals surface area contributed by atoms with Crippen molar-refractivity contribution >= 4 is 17.5 Å². The zero-order valence-corrected chi connectivity index (χ0v) is 15.3. The summed E-state index contributed by atoms with van der Waals surface area (Å²) in [5.41, 5.74) is 1.11. The summed E-state index contributed by atoms with van der Waals surface area (Å²) in [6.45, 7) is 5.08. The van der Waals surface area contributed by atoms with E-state index in [1.165, 1.54) is 6.07 Å². The van der Waals surface area contributed by atoms with E-state index in [9.17, 15) is 18.4 Å². The van der Waals surface area contributed by atoms with Gasteiger partial charge >= 0.3 is 0 Å². The fourth-order valence-corrected chi connectivity index (χ4v) is 3.04. The number of amides is 2. The zero-order valence-electron chi connectivity index (χ0n) is 15.3. The van der Waals surface area contributed by atoms with Crippen LogP contribution in [0.15, 0.2) is 18.2 Å². The molecule has 0 aliphatic carbocycles. The molecule has 0 saturated carbocycles. The van der Waals surface area contributed by atoms with E-state index in [4.69, 9.17) is 0 Å². The summed E-state index contributed by atoms with van der Waals surface area (Å²) in [5, 5.41) is 5.34. The second-order valence-electron chi connectivity index (χ2n) is 7.03. The molecule has 0 unspecified atom stereocenters. The number of hydrogen-bond acceptors (Lipinski definition) is 3. The molecule has 1 aromatic carbocycles. The maximum absolute atomic E-state index is 13.4. The van der Waals surface area contributed by atoms with E-state index in [0.29, 0.717) is 25.4 Å². The van der Waals surface area contributed by atoms with Gasteiger partial charge in [0.1, 0.15) is 5.69 Å². The second-order valence-corrected chi connectivity index (χ2v) is 7.03. The molecule has 3 rings (SSSR count). The topological polar surface area (TPSA) is 76.0 Å². The number of aromatic nitrogens is 2. The van der Waals surface area contributed by atoms with E-state index in [-0.39, 0.29) is 23.1 Å². The van der Waals surface area contributed by atoms with Gasteiger partial charge in [-0.05, 0) is 37.3 Å². The van der Waals surface area contributed by atoms with Gasteiger partial charge in [0.05, 0.1) is 5.69 Å². The van der Waals surface area contributed by atoms with Crippen molar-refractivity contribution in [3.63, 3.8) is 0 Å². The third-order valence-corrected chi connectivity index (χ3v) is 4.38. The lowest BCUT2D eigenvalue weighted by atomic mass is 10.1. The highest BCUT2D eigenvalue weighted by atomic mass is 19.2. The molecule has 2 N–H and O–H groups in total. The number of anilines is 1. The van der Waals surface area contributed by atoms with Crippen LogP contribution in [0.5, 0.6) is 0 Å². The largest absolute Gasteiger partial charge is 0.350 e. The van der Waals surface area contributed by atoms with Crippen LogP contribution in [0.2, 0.25) is 0 Å². The summed E-state index contributed by atoms with van der Waals surface area (Å²) in [4.78, 5) is 29.4. The molecule has 0 spiro atoms. The molecule has 0 saturated heterocycles. The fraction of sp³-hybridized carbons (Fsp3) is 0.421. The normalized spacial score (nSPS) is 13.4. The Labute approximate surface area is 156 Å². The molecule has 2 heterocycles. The summed E-state index contributed by atoms with van der Waals surface area (Å²) in [6, 6.07) is 3.12. The Kier molecular flexibility index (Phi) is 5.53. The maximum Gasteiger partial charge on any atom is 0.291 e. The number of carbonyl (C=O) groups excluding carboxylic acids is 2. The summed E-state index contributed by atoms with van der Waals surface area (Å²) in [7, 11) is 0. The molecule has 0 atom stereocenters. The highest BCUT2D eigenvalue weighted by Crippen LogP contribution is 2.22. The number of imidazole rings is 1. The minimum Gasteiger partial charge on any atom is -0.350 e.